The second-order valence-electron chi connectivity index (χ2n) is 6.54. The molecule has 2 aromatic carbocycles. The minimum atomic E-state index is 0.498. The van der Waals surface area contributed by atoms with Crippen LogP contribution in [0.15, 0.2) is 42.5 Å². The zero-order chi connectivity index (χ0) is 14.5. The van der Waals surface area contributed by atoms with Gasteiger partial charge in [0.15, 0.2) is 0 Å². The van der Waals surface area contributed by atoms with E-state index < -0.39 is 0 Å². The molecule has 0 radical (unpaired) electrons. The van der Waals surface area contributed by atoms with E-state index in [2.05, 4.69) is 54.8 Å². The molecule has 0 bridgehead atoms. The Hall–Kier alpha value is -1.34. The average molecular weight is 281 g/mol. The maximum absolute atomic E-state index is 3.55. The maximum Gasteiger partial charge on any atom is 0.0320 e. The summed E-state index contributed by atoms with van der Waals surface area (Å²) in [5.41, 5.74) is 1.44. The summed E-state index contributed by atoms with van der Waals surface area (Å²) in [6, 6.07) is 16.1. The highest BCUT2D eigenvalue weighted by Crippen LogP contribution is 2.31. The zero-order valence-corrected chi connectivity index (χ0v) is 13.1. The lowest BCUT2D eigenvalue weighted by atomic mass is 9.89. The lowest BCUT2D eigenvalue weighted by molar-refractivity contribution is 0.368. The Balaban J connectivity index is 1.77. The van der Waals surface area contributed by atoms with Crippen molar-refractivity contribution in [2.24, 2.45) is 5.92 Å². The summed E-state index contributed by atoms with van der Waals surface area (Å²) >= 11 is 0. The van der Waals surface area contributed by atoms with Gasteiger partial charge in [-0.25, -0.2) is 0 Å². The van der Waals surface area contributed by atoms with E-state index in [0.717, 1.165) is 5.92 Å². The predicted octanol–water partition coefficient (Wildman–Crippen LogP) is 5.46. The molecule has 1 aliphatic carbocycles. The van der Waals surface area contributed by atoms with Gasteiger partial charge in [-0.15, -0.1) is 0 Å². The third kappa shape index (κ3) is 3.65. The minimum absolute atomic E-state index is 0.498. The lowest BCUT2D eigenvalue weighted by Crippen LogP contribution is -2.20. The van der Waals surface area contributed by atoms with Crippen LogP contribution in [0.1, 0.15) is 56.6 Å². The molecule has 1 fully saturated rings. The fourth-order valence-electron chi connectivity index (χ4n) is 3.78. The van der Waals surface area contributed by atoms with Gasteiger partial charge in [-0.05, 0) is 41.8 Å². The van der Waals surface area contributed by atoms with E-state index in [4.69, 9.17) is 0 Å². The molecule has 0 heterocycles. The van der Waals surface area contributed by atoms with Crippen LogP contribution in [0.5, 0.6) is 0 Å². The Morgan fingerprint density at radius 2 is 1.67 bits per heavy atom. The number of rotatable bonds is 4. The standard InChI is InChI=1S/C20H27N/c1-21-20(14-16-8-4-2-3-5-9-16)19-13-12-17-10-6-7-11-18(17)15-19/h6-7,10-13,15-16,20-21H,2-5,8-9,14H2,1H3. The SMILES string of the molecule is CNC(CC1CCCCCC1)c1ccc2ccccc2c1. The molecule has 1 heteroatoms. The smallest absolute Gasteiger partial charge is 0.0320 e. The highest BCUT2D eigenvalue weighted by atomic mass is 14.9. The van der Waals surface area contributed by atoms with E-state index in [1.807, 2.05) is 0 Å². The van der Waals surface area contributed by atoms with Crippen LogP contribution in [-0.2, 0) is 0 Å². The zero-order valence-electron chi connectivity index (χ0n) is 13.1. The fraction of sp³-hybridized carbons (Fsp3) is 0.500. The van der Waals surface area contributed by atoms with Crippen molar-refractivity contribution in [3.05, 3.63) is 48.0 Å². The quantitative estimate of drug-likeness (QED) is 0.734. The summed E-state index contributed by atoms with van der Waals surface area (Å²) < 4.78 is 0. The molecule has 1 aliphatic rings. The molecule has 0 saturated heterocycles. The highest BCUT2D eigenvalue weighted by molar-refractivity contribution is 5.83. The van der Waals surface area contributed by atoms with E-state index in [1.165, 1.54) is 61.3 Å². The summed E-state index contributed by atoms with van der Waals surface area (Å²) in [7, 11) is 2.11. The predicted molar refractivity (Wildman–Crippen MR) is 91.6 cm³/mol. The number of benzene rings is 2. The van der Waals surface area contributed by atoms with E-state index in [9.17, 15) is 0 Å². The van der Waals surface area contributed by atoms with Crippen LogP contribution in [0, 0.1) is 5.92 Å². The molecule has 112 valence electrons. The molecule has 0 spiro atoms. The van der Waals surface area contributed by atoms with Crippen LogP contribution in [0.3, 0.4) is 0 Å². The second-order valence-corrected chi connectivity index (χ2v) is 6.54. The molecule has 0 amide bonds. The second kappa shape index (κ2) is 7.09. The van der Waals surface area contributed by atoms with Crippen molar-refractivity contribution in [1.82, 2.24) is 5.32 Å². The molecule has 1 N–H and O–H groups in total. The molecule has 3 rings (SSSR count). The summed E-state index contributed by atoms with van der Waals surface area (Å²) in [4.78, 5) is 0. The minimum Gasteiger partial charge on any atom is -0.313 e. The van der Waals surface area contributed by atoms with E-state index >= 15 is 0 Å². The Morgan fingerprint density at radius 3 is 2.38 bits per heavy atom. The molecular formula is C20H27N. The normalized spacial score (nSPS) is 18.5. The molecule has 1 unspecified atom stereocenters. The Kier molecular flexibility index (Phi) is 4.92. The third-order valence-electron chi connectivity index (χ3n) is 5.07. The largest absolute Gasteiger partial charge is 0.313 e. The molecule has 1 saturated carbocycles. The van der Waals surface area contributed by atoms with Crippen LogP contribution in [0.25, 0.3) is 10.8 Å². The van der Waals surface area contributed by atoms with Gasteiger partial charge in [0.25, 0.3) is 0 Å². The van der Waals surface area contributed by atoms with Crippen LogP contribution in [0.2, 0.25) is 0 Å². The molecule has 0 aromatic heterocycles. The molecule has 1 atom stereocenters. The molecule has 2 aromatic rings. The fourth-order valence-corrected chi connectivity index (χ4v) is 3.78. The van der Waals surface area contributed by atoms with Crippen LogP contribution < -0.4 is 5.32 Å². The van der Waals surface area contributed by atoms with Gasteiger partial charge < -0.3 is 5.32 Å². The molecule has 1 nitrogen and oxygen atoms in total. The summed E-state index contributed by atoms with van der Waals surface area (Å²) in [5.74, 6) is 0.899. The number of fused-ring (bicyclic) bond motifs is 1. The van der Waals surface area contributed by atoms with E-state index in [-0.39, 0.29) is 0 Å². The molecular weight excluding hydrogens is 254 g/mol. The van der Waals surface area contributed by atoms with Gasteiger partial charge in [-0.3, -0.25) is 0 Å². The summed E-state index contributed by atoms with van der Waals surface area (Å²) in [6.45, 7) is 0. The van der Waals surface area contributed by atoms with Crippen molar-refractivity contribution in [1.29, 1.82) is 0 Å². The van der Waals surface area contributed by atoms with Gasteiger partial charge in [0.2, 0.25) is 0 Å². The van der Waals surface area contributed by atoms with Gasteiger partial charge in [0.05, 0.1) is 0 Å². The highest BCUT2D eigenvalue weighted by Gasteiger charge is 2.18. The Bertz CT molecular complexity index is 567. The summed E-state index contributed by atoms with van der Waals surface area (Å²) in [5, 5.41) is 6.25. The maximum atomic E-state index is 3.55. The topological polar surface area (TPSA) is 12.0 Å². The van der Waals surface area contributed by atoms with Gasteiger partial charge >= 0.3 is 0 Å². The average Bonchev–Trinajstić information content (AvgIpc) is 2.81. The Labute approximate surface area is 128 Å². The van der Waals surface area contributed by atoms with Gasteiger partial charge in [-0.1, -0.05) is 74.9 Å². The first-order valence-electron chi connectivity index (χ1n) is 8.53. The van der Waals surface area contributed by atoms with E-state index in [1.54, 1.807) is 0 Å². The first-order valence-corrected chi connectivity index (χ1v) is 8.53. The Morgan fingerprint density at radius 1 is 0.952 bits per heavy atom. The first-order chi connectivity index (χ1) is 10.4. The van der Waals surface area contributed by atoms with Crippen molar-refractivity contribution < 1.29 is 0 Å². The van der Waals surface area contributed by atoms with Crippen molar-refractivity contribution in [3.63, 3.8) is 0 Å². The molecule has 0 aliphatic heterocycles. The lowest BCUT2D eigenvalue weighted by Gasteiger charge is -2.23. The van der Waals surface area contributed by atoms with Gasteiger partial charge in [-0.2, -0.15) is 0 Å². The van der Waals surface area contributed by atoms with Crippen molar-refractivity contribution in [2.75, 3.05) is 7.05 Å². The first kappa shape index (κ1) is 14.6. The monoisotopic (exact) mass is 281 g/mol. The number of hydrogen-bond acceptors (Lipinski definition) is 1. The summed E-state index contributed by atoms with van der Waals surface area (Å²) in [6.07, 6.45) is 9.87. The number of nitrogens with one attached hydrogen (secondary N) is 1. The van der Waals surface area contributed by atoms with Crippen LogP contribution in [-0.4, -0.2) is 7.05 Å². The third-order valence-corrected chi connectivity index (χ3v) is 5.07. The van der Waals surface area contributed by atoms with Crippen LogP contribution >= 0.6 is 0 Å². The van der Waals surface area contributed by atoms with E-state index in [0.29, 0.717) is 6.04 Å². The van der Waals surface area contributed by atoms with Crippen molar-refractivity contribution >= 4 is 10.8 Å². The molecule has 21 heavy (non-hydrogen) atoms. The van der Waals surface area contributed by atoms with Gasteiger partial charge in [0, 0.05) is 6.04 Å². The van der Waals surface area contributed by atoms with Crippen molar-refractivity contribution in [3.8, 4) is 0 Å². The van der Waals surface area contributed by atoms with Gasteiger partial charge in [0.1, 0.15) is 0 Å². The van der Waals surface area contributed by atoms with Crippen molar-refractivity contribution in [2.45, 2.75) is 51.0 Å². The van der Waals surface area contributed by atoms with Crippen LogP contribution in [0.4, 0.5) is 0 Å². The number of hydrogen-bond donors (Lipinski definition) is 1.